The van der Waals surface area contributed by atoms with Crippen LogP contribution in [0.15, 0.2) is 54.7 Å². The van der Waals surface area contributed by atoms with Crippen molar-refractivity contribution in [2.75, 3.05) is 0 Å². The van der Waals surface area contributed by atoms with Gasteiger partial charge in [0.2, 0.25) is 0 Å². The lowest BCUT2D eigenvalue weighted by Crippen LogP contribution is -2.36. The highest BCUT2D eigenvalue weighted by Gasteiger charge is 2.19. The highest BCUT2D eigenvalue weighted by molar-refractivity contribution is 7.23. The third-order valence-corrected chi connectivity index (χ3v) is 5.08. The lowest BCUT2D eigenvalue weighted by molar-refractivity contribution is -0.143. The van der Waals surface area contributed by atoms with Crippen LogP contribution in [0.2, 0.25) is 0 Å². The number of thiazole rings is 1. The van der Waals surface area contributed by atoms with E-state index in [0.29, 0.717) is 5.75 Å². The largest absolute Gasteiger partial charge is 0.481 e. The van der Waals surface area contributed by atoms with Crippen LogP contribution < -0.4 is 10.5 Å². The predicted molar refractivity (Wildman–Crippen MR) is 102 cm³/mol. The van der Waals surface area contributed by atoms with Gasteiger partial charge in [-0.2, -0.15) is 0 Å². The van der Waals surface area contributed by atoms with Crippen molar-refractivity contribution in [2.24, 2.45) is 5.73 Å². The van der Waals surface area contributed by atoms with Gasteiger partial charge in [0, 0.05) is 11.8 Å². The lowest BCUT2D eigenvalue weighted by Gasteiger charge is -2.09. The predicted octanol–water partition coefficient (Wildman–Crippen LogP) is 2.92. The molecule has 0 unspecified atom stereocenters. The fraction of sp³-hybridized carbons (Fsp3) is 0.105. The van der Waals surface area contributed by atoms with Crippen molar-refractivity contribution in [1.82, 2.24) is 9.38 Å². The van der Waals surface area contributed by atoms with E-state index in [1.165, 1.54) is 0 Å². The molecule has 0 spiro atoms. The molecule has 27 heavy (non-hydrogen) atoms. The molecule has 0 aliphatic rings. The molecule has 1 atom stereocenters. The van der Waals surface area contributed by atoms with Crippen molar-refractivity contribution in [2.45, 2.75) is 12.5 Å². The number of para-hydroxylation sites is 1. The van der Waals surface area contributed by atoms with Gasteiger partial charge in [0.15, 0.2) is 4.96 Å². The number of imidazole rings is 1. The van der Waals surface area contributed by atoms with Gasteiger partial charge in [0.1, 0.15) is 11.8 Å². The van der Waals surface area contributed by atoms with Gasteiger partial charge in [0.05, 0.1) is 22.3 Å². The summed E-state index contributed by atoms with van der Waals surface area (Å²) in [6, 6.07) is 13.7. The Morgan fingerprint density at radius 3 is 2.85 bits per heavy atom. The Kier molecular flexibility index (Phi) is 4.35. The van der Waals surface area contributed by atoms with Gasteiger partial charge >= 0.3 is 11.9 Å². The number of ether oxygens (including phenoxy) is 1. The summed E-state index contributed by atoms with van der Waals surface area (Å²) >= 11 is 1.60. The van der Waals surface area contributed by atoms with Gasteiger partial charge in [-0.25, -0.2) is 9.78 Å². The second-order valence-electron chi connectivity index (χ2n) is 6.00. The molecule has 0 saturated carbocycles. The Labute approximate surface area is 157 Å². The van der Waals surface area contributed by atoms with E-state index in [0.717, 1.165) is 26.4 Å². The number of benzene rings is 2. The molecule has 4 rings (SSSR count). The van der Waals surface area contributed by atoms with Crippen LogP contribution in [0, 0.1) is 0 Å². The number of carbonyl (C=O) groups excluding carboxylic acids is 1. The van der Waals surface area contributed by atoms with Crippen LogP contribution in [0.5, 0.6) is 5.75 Å². The van der Waals surface area contributed by atoms with Crippen LogP contribution in [-0.2, 0) is 9.59 Å². The van der Waals surface area contributed by atoms with E-state index in [1.807, 2.05) is 34.9 Å². The molecule has 0 aliphatic heterocycles. The summed E-state index contributed by atoms with van der Waals surface area (Å²) in [5.41, 5.74) is 8.15. The number of aromatic nitrogens is 2. The second-order valence-corrected chi connectivity index (χ2v) is 7.01. The molecule has 0 bridgehead atoms. The zero-order valence-electron chi connectivity index (χ0n) is 14.0. The Morgan fingerprint density at radius 1 is 1.22 bits per heavy atom. The van der Waals surface area contributed by atoms with Gasteiger partial charge in [0.25, 0.3) is 0 Å². The smallest absolute Gasteiger partial charge is 0.328 e. The topological polar surface area (TPSA) is 107 Å². The van der Waals surface area contributed by atoms with Crippen LogP contribution in [0.25, 0.3) is 26.4 Å². The minimum Gasteiger partial charge on any atom is -0.481 e. The van der Waals surface area contributed by atoms with Crippen molar-refractivity contribution in [1.29, 1.82) is 0 Å². The first-order valence-corrected chi connectivity index (χ1v) is 8.99. The normalized spacial score (nSPS) is 12.3. The molecule has 0 amide bonds. The van der Waals surface area contributed by atoms with Crippen LogP contribution >= 0.6 is 11.3 Å². The number of carboxylic acid groups (broad SMARTS) is 1. The van der Waals surface area contributed by atoms with E-state index in [2.05, 4.69) is 11.1 Å². The number of rotatable bonds is 5. The molecular weight excluding hydrogens is 366 g/mol. The molecule has 7 nitrogen and oxygen atoms in total. The van der Waals surface area contributed by atoms with Crippen LogP contribution in [0.3, 0.4) is 0 Å². The van der Waals surface area contributed by atoms with E-state index in [1.54, 1.807) is 29.5 Å². The third-order valence-electron chi connectivity index (χ3n) is 4.05. The lowest BCUT2D eigenvalue weighted by atomic mass is 10.1. The van der Waals surface area contributed by atoms with Crippen LogP contribution in [0.4, 0.5) is 0 Å². The quantitative estimate of drug-likeness (QED) is 0.407. The van der Waals surface area contributed by atoms with Gasteiger partial charge < -0.3 is 15.6 Å². The summed E-state index contributed by atoms with van der Waals surface area (Å²) < 4.78 is 8.38. The number of aliphatic carboxylic acids is 1. The maximum Gasteiger partial charge on any atom is 0.328 e. The summed E-state index contributed by atoms with van der Waals surface area (Å²) in [5.74, 6) is -1.65. The molecule has 0 fully saturated rings. The number of hydrogen-bond acceptors (Lipinski definition) is 6. The van der Waals surface area contributed by atoms with Crippen molar-refractivity contribution in [3.63, 3.8) is 0 Å². The van der Waals surface area contributed by atoms with E-state index < -0.39 is 24.4 Å². The molecule has 2 heterocycles. The standard InChI is InChI=1S/C19H15N3O4S/c20-13(9-17(23)24)18(25)26-12-5-3-4-11(8-12)14-10-22-15-6-1-2-7-16(15)27-19(22)21-14/h1-8,10,13H,9,20H2,(H,23,24)/t13-/m0/s1. The van der Waals surface area contributed by atoms with Crippen molar-refractivity contribution in [3.05, 3.63) is 54.7 Å². The fourth-order valence-electron chi connectivity index (χ4n) is 2.77. The van der Waals surface area contributed by atoms with Crippen LogP contribution in [0.1, 0.15) is 6.42 Å². The molecule has 3 N–H and O–H groups in total. The molecule has 0 saturated heterocycles. The summed E-state index contributed by atoms with van der Waals surface area (Å²) in [6.45, 7) is 0. The number of carboxylic acids is 1. The highest BCUT2D eigenvalue weighted by Crippen LogP contribution is 2.30. The van der Waals surface area contributed by atoms with Crippen molar-refractivity contribution < 1.29 is 19.4 Å². The molecule has 2 aromatic heterocycles. The Hall–Kier alpha value is -3.23. The maximum absolute atomic E-state index is 11.9. The van der Waals surface area contributed by atoms with Gasteiger partial charge in [-0.1, -0.05) is 35.6 Å². The first kappa shape index (κ1) is 17.2. The molecular formula is C19H15N3O4S. The Bertz CT molecular complexity index is 1160. The Balaban J connectivity index is 1.61. The van der Waals surface area contributed by atoms with Gasteiger partial charge in [-0.05, 0) is 24.3 Å². The summed E-state index contributed by atoms with van der Waals surface area (Å²) in [5, 5.41) is 8.72. The molecule has 4 aromatic rings. The van der Waals surface area contributed by atoms with Crippen molar-refractivity contribution >= 4 is 38.5 Å². The average Bonchev–Trinajstić information content (AvgIpc) is 3.19. The molecule has 8 heteroatoms. The number of fused-ring (bicyclic) bond motifs is 3. The summed E-state index contributed by atoms with van der Waals surface area (Å²) in [7, 11) is 0. The number of esters is 1. The molecule has 0 aliphatic carbocycles. The fourth-order valence-corrected chi connectivity index (χ4v) is 3.78. The van der Waals surface area contributed by atoms with E-state index in [-0.39, 0.29) is 0 Å². The number of nitrogens with zero attached hydrogens (tertiary/aromatic N) is 2. The minimum absolute atomic E-state index is 0.291. The third kappa shape index (κ3) is 3.40. The summed E-state index contributed by atoms with van der Waals surface area (Å²) in [4.78, 5) is 28.1. The monoisotopic (exact) mass is 381 g/mol. The molecule has 0 radical (unpaired) electrons. The molecule has 2 aromatic carbocycles. The van der Waals surface area contributed by atoms with Gasteiger partial charge in [-0.3, -0.25) is 9.20 Å². The zero-order chi connectivity index (χ0) is 19.0. The van der Waals surface area contributed by atoms with E-state index in [4.69, 9.17) is 15.6 Å². The molecule has 136 valence electrons. The SMILES string of the molecule is N[C@@H](CC(=O)O)C(=O)Oc1cccc(-c2cn3c(n2)sc2ccccc23)c1. The number of carbonyl (C=O) groups is 2. The van der Waals surface area contributed by atoms with Crippen LogP contribution in [-0.4, -0.2) is 32.5 Å². The second kappa shape index (κ2) is 6.82. The average molecular weight is 381 g/mol. The van der Waals surface area contributed by atoms with E-state index in [9.17, 15) is 9.59 Å². The first-order chi connectivity index (χ1) is 13.0. The zero-order valence-corrected chi connectivity index (χ0v) is 14.8. The Morgan fingerprint density at radius 2 is 2.04 bits per heavy atom. The first-order valence-electron chi connectivity index (χ1n) is 8.17. The highest BCUT2D eigenvalue weighted by atomic mass is 32.1. The van der Waals surface area contributed by atoms with E-state index >= 15 is 0 Å². The maximum atomic E-state index is 11.9. The summed E-state index contributed by atoms with van der Waals surface area (Å²) in [6.07, 6.45) is 1.45. The number of hydrogen-bond donors (Lipinski definition) is 2. The van der Waals surface area contributed by atoms with Crippen molar-refractivity contribution in [3.8, 4) is 17.0 Å². The number of nitrogens with two attached hydrogens (primary N) is 1. The van der Waals surface area contributed by atoms with Gasteiger partial charge in [-0.15, -0.1) is 0 Å². The minimum atomic E-state index is -1.21.